The minimum absolute atomic E-state index is 0.342. The number of likely N-dealkylation sites (tertiary alicyclic amines) is 1. The van der Waals surface area contributed by atoms with Gasteiger partial charge in [-0.3, -0.25) is 4.90 Å². The molecule has 0 amide bonds. The first-order valence-corrected chi connectivity index (χ1v) is 9.87. The number of hydrogen-bond donors (Lipinski definition) is 0. The van der Waals surface area contributed by atoms with E-state index in [-0.39, 0.29) is 0 Å². The molecule has 0 radical (unpaired) electrons. The monoisotopic (exact) mass is 314 g/mol. The molecule has 0 N–H and O–H groups in total. The van der Waals surface area contributed by atoms with Gasteiger partial charge in [0.25, 0.3) is 0 Å². The van der Waals surface area contributed by atoms with Crippen molar-refractivity contribution in [1.82, 2.24) is 9.80 Å². The second-order valence-electron chi connectivity index (χ2n) is 7.39. The zero-order valence-corrected chi connectivity index (χ0v) is 15.5. The maximum absolute atomic E-state index is 6.02. The third-order valence-electron chi connectivity index (χ3n) is 5.10. The Labute approximate surface area is 135 Å². The van der Waals surface area contributed by atoms with Crippen molar-refractivity contribution in [3.05, 3.63) is 0 Å². The molecule has 4 heteroatoms. The lowest BCUT2D eigenvalue weighted by atomic mass is 9.85. The first-order chi connectivity index (χ1) is 9.90. The van der Waals surface area contributed by atoms with Gasteiger partial charge in [0.05, 0.1) is 6.10 Å². The third kappa shape index (κ3) is 4.60. The maximum Gasteiger partial charge on any atom is 0.100 e. The van der Waals surface area contributed by atoms with Crippen molar-refractivity contribution >= 4 is 11.8 Å². The van der Waals surface area contributed by atoms with E-state index in [1.54, 1.807) is 11.8 Å². The van der Waals surface area contributed by atoms with E-state index in [2.05, 4.69) is 50.7 Å². The van der Waals surface area contributed by atoms with Gasteiger partial charge in [-0.05, 0) is 59.6 Å². The first-order valence-electron chi connectivity index (χ1n) is 8.58. The van der Waals surface area contributed by atoms with E-state index in [1.807, 2.05) is 0 Å². The molecule has 124 valence electrons. The summed E-state index contributed by atoms with van der Waals surface area (Å²) in [6.45, 7) is 15.3. The van der Waals surface area contributed by atoms with Crippen molar-refractivity contribution in [2.24, 2.45) is 5.92 Å². The van der Waals surface area contributed by atoms with E-state index in [9.17, 15) is 0 Å². The zero-order valence-electron chi connectivity index (χ0n) is 14.7. The van der Waals surface area contributed by atoms with Crippen LogP contribution in [0.15, 0.2) is 0 Å². The highest BCUT2D eigenvalue weighted by molar-refractivity contribution is 7.99. The molecule has 1 unspecified atom stereocenters. The smallest absolute Gasteiger partial charge is 0.100 e. The van der Waals surface area contributed by atoms with Crippen LogP contribution < -0.4 is 0 Å². The van der Waals surface area contributed by atoms with Gasteiger partial charge in [-0.2, -0.15) is 0 Å². The summed E-state index contributed by atoms with van der Waals surface area (Å²) >= 11 is 1.80. The van der Waals surface area contributed by atoms with Crippen LogP contribution in [0.4, 0.5) is 0 Å². The molecule has 2 aliphatic rings. The predicted molar refractivity (Wildman–Crippen MR) is 92.9 cm³/mol. The molecule has 0 spiro atoms. The van der Waals surface area contributed by atoms with Crippen LogP contribution in [0.5, 0.6) is 0 Å². The minimum Gasteiger partial charge on any atom is -0.365 e. The van der Waals surface area contributed by atoms with Gasteiger partial charge in [0.2, 0.25) is 0 Å². The molecule has 0 aromatic carbocycles. The largest absolute Gasteiger partial charge is 0.365 e. The number of thioether (sulfide) groups is 1. The lowest BCUT2D eigenvalue weighted by Gasteiger charge is -2.50. The minimum atomic E-state index is 0.342. The summed E-state index contributed by atoms with van der Waals surface area (Å²) in [5, 5.41) is 0. The number of hydrogen-bond acceptors (Lipinski definition) is 4. The molecule has 1 saturated carbocycles. The average molecular weight is 315 g/mol. The molecule has 1 aliphatic heterocycles. The summed E-state index contributed by atoms with van der Waals surface area (Å²) in [5.74, 6) is 0.875. The van der Waals surface area contributed by atoms with Crippen molar-refractivity contribution in [2.75, 3.05) is 25.9 Å². The van der Waals surface area contributed by atoms with E-state index < -0.39 is 0 Å². The number of ether oxygens (including phenoxy) is 1. The van der Waals surface area contributed by atoms with Gasteiger partial charge in [0.1, 0.15) is 5.44 Å². The van der Waals surface area contributed by atoms with Gasteiger partial charge in [-0.1, -0.05) is 0 Å². The lowest BCUT2D eigenvalue weighted by molar-refractivity contribution is -0.0750. The van der Waals surface area contributed by atoms with Crippen molar-refractivity contribution in [1.29, 1.82) is 0 Å². The van der Waals surface area contributed by atoms with E-state index in [0.29, 0.717) is 23.6 Å². The summed E-state index contributed by atoms with van der Waals surface area (Å²) in [4.78, 5) is 5.31. The highest BCUT2D eigenvalue weighted by Crippen LogP contribution is 2.33. The van der Waals surface area contributed by atoms with Crippen LogP contribution >= 0.6 is 11.8 Å². The Morgan fingerprint density at radius 1 is 1.14 bits per heavy atom. The van der Waals surface area contributed by atoms with Gasteiger partial charge >= 0.3 is 0 Å². The summed E-state index contributed by atoms with van der Waals surface area (Å²) in [6, 6.07) is 2.11. The van der Waals surface area contributed by atoms with Crippen molar-refractivity contribution in [2.45, 2.75) is 77.1 Å². The van der Waals surface area contributed by atoms with Crippen LogP contribution in [0.25, 0.3) is 0 Å². The van der Waals surface area contributed by atoms with Gasteiger partial charge in [0, 0.05) is 37.8 Å². The normalized spacial score (nSPS) is 29.0. The Bertz CT molecular complexity index is 312. The van der Waals surface area contributed by atoms with Gasteiger partial charge < -0.3 is 9.64 Å². The Morgan fingerprint density at radius 2 is 1.76 bits per heavy atom. The van der Waals surface area contributed by atoms with Crippen LogP contribution in [-0.4, -0.2) is 65.4 Å². The molecule has 21 heavy (non-hydrogen) atoms. The predicted octanol–water partition coefficient (Wildman–Crippen LogP) is 3.29. The van der Waals surface area contributed by atoms with Crippen LogP contribution in [0, 0.1) is 5.92 Å². The van der Waals surface area contributed by atoms with Crippen molar-refractivity contribution in [3.8, 4) is 0 Å². The molecule has 1 atom stereocenters. The fourth-order valence-corrected chi connectivity index (χ4v) is 3.74. The fraction of sp³-hybridized carbons (Fsp3) is 1.00. The SMILES string of the molecule is CSC(C)OC1CC(N(CC2CN(C(C)C)C2)C(C)C)C1. The highest BCUT2D eigenvalue weighted by Gasteiger charge is 2.39. The summed E-state index contributed by atoms with van der Waals surface area (Å²) in [6.07, 6.45) is 5.07. The average Bonchev–Trinajstić information content (AvgIpc) is 2.31. The van der Waals surface area contributed by atoms with E-state index in [0.717, 1.165) is 12.0 Å². The molecule has 0 bridgehead atoms. The van der Waals surface area contributed by atoms with Crippen molar-refractivity contribution in [3.63, 3.8) is 0 Å². The Morgan fingerprint density at radius 3 is 2.24 bits per heavy atom. The molecule has 0 aromatic rings. The maximum atomic E-state index is 6.02. The fourth-order valence-electron chi connectivity index (χ4n) is 3.47. The Kier molecular flexibility index (Phi) is 6.42. The van der Waals surface area contributed by atoms with Crippen molar-refractivity contribution < 1.29 is 4.74 Å². The van der Waals surface area contributed by atoms with E-state index >= 15 is 0 Å². The molecule has 1 heterocycles. The second-order valence-corrected chi connectivity index (χ2v) is 8.53. The lowest BCUT2D eigenvalue weighted by Crippen LogP contribution is -2.58. The van der Waals surface area contributed by atoms with Crippen LogP contribution in [0.1, 0.15) is 47.5 Å². The van der Waals surface area contributed by atoms with E-state index in [4.69, 9.17) is 4.74 Å². The van der Waals surface area contributed by atoms with Crippen LogP contribution in [0.3, 0.4) is 0 Å². The van der Waals surface area contributed by atoms with E-state index in [1.165, 1.54) is 32.5 Å². The van der Waals surface area contributed by atoms with Crippen LogP contribution in [0.2, 0.25) is 0 Å². The Hall–Kier alpha value is 0.230. The molecule has 0 aromatic heterocycles. The molecule has 1 saturated heterocycles. The molecule has 2 fully saturated rings. The summed E-state index contributed by atoms with van der Waals surface area (Å²) < 4.78 is 6.02. The summed E-state index contributed by atoms with van der Waals surface area (Å²) in [7, 11) is 0. The standard InChI is InChI=1S/C17H34N2OS/c1-12(2)18-9-15(10-18)11-19(13(3)4)16-7-17(8-16)20-14(5)21-6/h12-17H,7-11H2,1-6H3. The first kappa shape index (κ1) is 17.6. The molecule has 3 nitrogen and oxygen atoms in total. The van der Waals surface area contributed by atoms with Gasteiger partial charge in [-0.25, -0.2) is 0 Å². The third-order valence-corrected chi connectivity index (χ3v) is 5.88. The highest BCUT2D eigenvalue weighted by atomic mass is 32.2. The molecular weight excluding hydrogens is 280 g/mol. The molecular formula is C17H34N2OS. The van der Waals surface area contributed by atoms with Gasteiger partial charge in [0.15, 0.2) is 0 Å². The summed E-state index contributed by atoms with van der Waals surface area (Å²) in [5.41, 5.74) is 0.342. The topological polar surface area (TPSA) is 15.7 Å². The Balaban J connectivity index is 1.72. The number of nitrogens with zero attached hydrogens (tertiary/aromatic N) is 2. The number of rotatable bonds is 8. The quantitative estimate of drug-likeness (QED) is 0.639. The molecule has 2 rings (SSSR count). The molecule has 1 aliphatic carbocycles. The second kappa shape index (κ2) is 7.67. The van der Waals surface area contributed by atoms with Gasteiger partial charge in [-0.15, -0.1) is 11.8 Å². The van der Waals surface area contributed by atoms with Crippen LogP contribution in [-0.2, 0) is 4.74 Å². The zero-order chi connectivity index (χ0) is 15.6.